The number of nitrogens with one attached hydrogen (secondary N) is 3. The fourth-order valence-corrected chi connectivity index (χ4v) is 6.68. The number of amides is 1. The molecule has 43 heavy (non-hydrogen) atoms. The molecule has 16 heteroatoms. The highest BCUT2D eigenvalue weighted by Gasteiger charge is 2.45. The quantitative estimate of drug-likeness (QED) is 0.256. The van der Waals surface area contributed by atoms with Crippen molar-refractivity contribution in [1.29, 1.82) is 0 Å². The maximum atomic E-state index is 13.6. The summed E-state index contributed by atoms with van der Waals surface area (Å²) in [5.41, 5.74) is 0.0704. The number of sulfonamides is 1. The number of fused-ring (bicyclic) bond motifs is 2. The first-order valence-corrected chi connectivity index (χ1v) is 15.9. The maximum Gasteiger partial charge on any atom is 0.335 e. The Kier molecular flexibility index (Phi) is 7.66. The zero-order valence-corrected chi connectivity index (χ0v) is 24.4. The van der Waals surface area contributed by atoms with Crippen molar-refractivity contribution in [3.05, 3.63) is 71.9 Å². The Bertz CT molecular complexity index is 1890. The number of aromatic nitrogens is 1. The lowest BCUT2D eigenvalue weighted by Crippen LogP contribution is -2.51. The fourth-order valence-electron chi connectivity index (χ4n) is 4.56. The van der Waals surface area contributed by atoms with Gasteiger partial charge in [-0.15, -0.1) is 4.40 Å². The number of benzene rings is 2. The molecule has 4 N–H and O–H groups in total. The Morgan fingerprint density at radius 2 is 1.74 bits per heavy atom. The summed E-state index contributed by atoms with van der Waals surface area (Å²) < 4.78 is 60.0. The molecule has 1 aromatic heterocycles. The minimum Gasteiger partial charge on any atom is -0.478 e. The monoisotopic (exact) mass is 626 g/mol. The molecule has 14 nitrogen and oxygen atoms in total. The van der Waals surface area contributed by atoms with E-state index in [2.05, 4.69) is 24.1 Å². The van der Waals surface area contributed by atoms with Crippen molar-refractivity contribution in [3.63, 3.8) is 0 Å². The second-order valence-corrected chi connectivity index (χ2v) is 13.2. The summed E-state index contributed by atoms with van der Waals surface area (Å²) in [6, 6.07) is 11.6. The van der Waals surface area contributed by atoms with Crippen LogP contribution in [0.15, 0.2) is 70.1 Å². The number of hydrogen-bond donors (Lipinski definition) is 4. The number of anilines is 4. The number of rotatable bonds is 9. The van der Waals surface area contributed by atoms with Crippen LogP contribution in [0.1, 0.15) is 41.0 Å². The van der Waals surface area contributed by atoms with E-state index in [1.807, 2.05) is 13.8 Å². The summed E-state index contributed by atoms with van der Waals surface area (Å²) in [7, 11) is -8.75. The van der Waals surface area contributed by atoms with Crippen molar-refractivity contribution in [2.45, 2.75) is 25.2 Å². The van der Waals surface area contributed by atoms with E-state index in [4.69, 9.17) is 5.11 Å². The number of ketones is 1. The van der Waals surface area contributed by atoms with Crippen LogP contribution in [0.2, 0.25) is 0 Å². The average Bonchev–Trinajstić information content (AvgIpc) is 2.93. The largest absolute Gasteiger partial charge is 0.478 e. The summed E-state index contributed by atoms with van der Waals surface area (Å²) in [5.74, 6) is -3.96. The van der Waals surface area contributed by atoms with E-state index in [9.17, 15) is 31.2 Å². The summed E-state index contributed by atoms with van der Waals surface area (Å²) in [4.78, 5) is 43.2. The first-order chi connectivity index (χ1) is 20.3. The SMILES string of the molecule is CC(C)CCN1C(=O)C(C2=NS(=O)(=O)c3cc(NS(=O)(=O)Nc4ccc(C(=O)O)cc4)ccc3N2)C(=O)c2cccnc21. The Morgan fingerprint density at radius 3 is 2.42 bits per heavy atom. The van der Waals surface area contributed by atoms with Gasteiger partial charge in [0.05, 0.1) is 28.2 Å². The summed E-state index contributed by atoms with van der Waals surface area (Å²) in [5, 5.41) is 11.8. The molecule has 0 saturated heterocycles. The van der Waals surface area contributed by atoms with E-state index >= 15 is 0 Å². The van der Waals surface area contributed by atoms with Crippen LogP contribution < -0.4 is 19.7 Å². The van der Waals surface area contributed by atoms with Crippen molar-refractivity contribution in [2.75, 3.05) is 26.2 Å². The third-order valence-electron chi connectivity index (χ3n) is 6.66. The van der Waals surface area contributed by atoms with Crippen LogP contribution in [-0.2, 0) is 25.0 Å². The highest BCUT2D eigenvalue weighted by atomic mass is 32.2. The van der Waals surface area contributed by atoms with Crippen molar-refractivity contribution in [1.82, 2.24) is 4.98 Å². The number of pyridine rings is 1. The molecule has 1 atom stereocenters. The van der Waals surface area contributed by atoms with Gasteiger partial charge in [-0.1, -0.05) is 13.8 Å². The van der Waals surface area contributed by atoms with Crippen molar-refractivity contribution in [3.8, 4) is 0 Å². The molecule has 0 saturated carbocycles. The van der Waals surface area contributed by atoms with Gasteiger partial charge in [-0.25, -0.2) is 9.78 Å². The van der Waals surface area contributed by atoms with Crippen LogP contribution in [0.3, 0.4) is 0 Å². The van der Waals surface area contributed by atoms with Gasteiger partial charge in [-0.2, -0.15) is 16.8 Å². The third kappa shape index (κ3) is 6.05. The molecule has 0 radical (unpaired) electrons. The Balaban J connectivity index is 1.41. The van der Waals surface area contributed by atoms with Gasteiger partial charge in [0.2, 0.25) is 5.91 Å². The molecule has 3 aromatic rings. The molecule has 0 aliphatic carbocycles. The second kappa shape index (κ2) is 11.1. The molecular formula is C27H26N6O8S2. The van der Waals surface area contributed by atoms with Crippen LogP contribution >= 0.6 is 0 Å². The molecular weight excluding hydrogens is 600 g/mol. The number of hydrogen-bond acceptors (Lipinski definition) is 9. The van der Waals surface area contributed by atoms with E-state index in [0.717, 1.165) is 6.07 Å². The van der Waals surface area contributed by atoms with E-state index in [-0.39, 0.29) is 57.2 Å². The van der Waals surface area contributed by atoms with Gasteiger partial charge in [-0.05, 0) is 66.9 Å². The van der Waals surface area contributed by atoms with E-state index in [1.165, 1.54) is 53.6 Å². The maximum absolute atomic E-state index is 13.6. The number of carboxylic acids is 1. The molecule has 0 spiro atoms. The van der Waals surface area contributed by atoms with Crippen LogP contribution in [0, 0.1) is 11.8 Å². The van der Waals surface area contributed by atoms with E-state index in [0.29, 0.717) is 6.42 Å². The third-order valence-corrected chi connectivity index (χ3v) is 9.00. The molecule has 5 rings (SSSR count). The number of Topliss-reactive ketones (excluding diaryl/α,β-unsaturated/α-hetero) is 1. The van der Waals surface area contributed by atoms with Crippen molar-refractivity contribution in [2.24, 2.45) is 16.2 Å². The van der Waals surface area contributed by atoms with Gasteiger partial charge in [0.15, 0.2) is 11.7 Å². The number of nitrogens with zero attached hydrogens (tertiary/aromatic N) is 3. The molecule has 1 amide bonds. The second-order valence-electron chi connectivity index (χ2n) is 10.2. The topological polar surface area (TPSA) is 204 Å². The summed E-state index contributed by atoms with van der Waals surface area (Å²) >= 11 is 0. The van der Waals surface area contributed by atoms with Gasteiger partial charge in [0.1, 0.15) is 16.5 Å². The van der Waals surface area contributed by atoms with Gasteiger partial charge in [0, 0.05) is 12.7 Å². The predicted molar refractivity (Wildman–Crippen MR) is 158 cm³/mol. The zero-order chi connectivity index (χ0) is 31.1. The number of aromatic carboxylic acids is 1. The minimum absolute atomic E-state index is 0.00326. The van der Waals surface area contributed by atoms with Crippen LogP contribution in [0.4, 0.5) is 22.9 Å². The molecule has 0 fully saturated rings. The first kappa shape index (κ1) is 29.7. The van der Waals surface area contributed by atoms with Gasteiger partial charge in [-0.3, -0.25) is 23.9 Å². The molecule has 2 aromatic carbocycles. The number of amidine groups is 1. The summed E-state index contributed by atoms with van der Waals surface area (Å²) in [6.07, 6.45) is 2.08. The lowest BCUT2D eigenvalue weighted by molar-refractivity contribution is -0.119. The normalized spacial score (nSPS) is 17.4. The molecule has 1 unspecified atom stereocenters. The highest BCUT2D eigenvalue weighted by Crippen LogP contribution is 2.35. The number of carbonyl (C=O) groups excluding carboxylic acids is 2. The van der Waals surface area contributed by atoms with Gasteiger partial charge < -0.3 is 10.4 Å². The van der Waals surface area contributed by atoms with Crippen LogP contribution in [0.25, 0.3) is 0 Å². The lowest BCUT2D eigenvalue weighted by Gasteiger charge is -2.34. The van der Waals surface area contributed by atoms with Crippen molar-refractivity contribution < 1.29 is 36.3 Å². The molecule has 0 bridgehead atoms. The standard InChI is InChI=1S/C27H26N6O8S2/c1-15(2)11-13-33-25-19(4-3-12-28-25)23(34)22(26(33)35)24-29-20-10-9-18(14-21(20)42(38,39)32-24)31-43(40,41)30-17-7-5-16(6-8-17)27(36)37/h3-10,12,14-15,22,30-31H,11,13H2,1-2H3,(H,29,32)(H,36,37). The van der Waals surface area contributed by atoms with Gasteiger partial charge in [0.25, 0.3) is 10.0 Å². The molecule has 3 heterocycles. The van der Waals surface area contributed by atoms with Crippen molar-refractivity contribution >= 4 is 66.6 Å². The molecule has 2 aliphatic heterocycles. The Hall–Kier alpha value is -4.83. The van der Waals surface area contributed by atoms with Gasteiger partial charge >= 0.3 is 16.2 Å². The average molecular weight is 627 g/mol. The van der Waals surface area contributed by atoms with E-state index in [1.54, 1.807) is 6.07 Å². The highest BCUT2D eigenvalue weighted by molar-refractivity contribution is 7.94. The van der Waals surface area contributed by atoms with Crippen LogP contribution in [-0.4, -0.2) is 57.0 Å². The lowest BCUT2D eigenvalue weighted by atomic mass is 9.90. The summed E-state index contributed by atoms with van der Waals surface area (Å²) in [6.45, 7) is 4.23. The minimum atomic E-state index is -4.48. The smallest absolute Gasteiger partial charge is 0.335 e. The fraction of sp³-hybridized carbons (Fsp3) is 0.222. The predicted octanol–water partition coefficient (Wildman–Crippen LogP) is 2.95. The Labute approximate surface area is 247 Å². The Morgan fingerprint density at radius 1 is 1.07 bits per heavy atom. The molecule has 224 valence electrons. The van der Waals surface area contributed by atoms with E-state index < -0.39 is 43.8 Å². The first-order valence-electron chi connectivity index (χ1n) is 13.0. The van der Waals surface area contributed by atoms with Crippen LogP contribution in [0.5, 0.6) is 0 Å². The zero-order valence-electron chi connectivity index (χ0n) is 22.8. The molecule has 2 aliphatic rings. The number of carboxylic acid groups (broad SMARTS) is 1. The number of carbonyl (C=O) groups is 3.